The van der Waals surface area contributed by atoms with Crippen molar-refractivity contribution in [1.82, 2.24) is 14.6 Å². The van der Waals surface area contributed by atoms with Gasteiger partial charge in [0.05, 0.1) is 41.7 Å². The van der Waals surface area contributed by atoms with Crippen LogP contribution < -0.4 is 14.2 Å². The second-order valence-electron chi connectivity index (χ2n) is 18.5. The fourth-order valence-corrected chi connectivity index (χ4v) is 10.5. The molecule has 0 unspecified atom stereocenters. The molecule has 0 radical (unpaired) electrons. The molecule has 0 bridgehead atoms. The zero-order chi connectivity index (χ0) is 43.4. The molecule has 2 saturated carbocycles. The topological polar surface area (TPSA) is 158 Å². The third-order valence-corrected chi connectivity index (χ3v) is 15.8. The molecular weight excluding hydrogens is 804 g/mol. The quantitative estimate of drug-likeness (QED) is 0.203. The van der Waals surface area contributed by atoms with Gasteiger partial charge in [0.15, 0.2) is 5.78 Å². The lowest BCUT2D eigenvalue weighted by Crippen LogP contribution is -2.49. The molecule has 1 saturated heterocycles. The lowest BCUT2D eigenvalue weighted by atomic mass is 9.79. The number of allylic oxidation sites excluding steroid dienone is 2. The number of sulfonamides is 1. The molecule has 7 rings (SSSR count). The van der Waals surface area contributed by atoms with E-state index < -0.39 is 91.8 Å². The Morgan fingerprint density at radius 2 is 1.85 bits per heavy atom. The van der Waals surface area contributed by atoms with E-state index in [1.165, 1.54) is 4.90 Å². The molecule has 2 aliphatic carbocycles. The second kappa shape index (κ2) is 16.2. The highest BCUT2D eigenvalue weighted by Gasteiger charge is 2.63. The Labute approximate surface area is 349 Å². The lowest BCUT2D eigenvalue weighted by Gasteiger charge is -2.34. The highest BCUT2D eigenvalue weighted by Crippen LogP contribution is 2.58. The van der Waals surface area contributed by atoms with Gasteiger partial charge < -0.3 is 19.1 Å². The lowest BCUT2D eigenvalue weighted by molar-refractivity contribution is -0.257. The number of nitrogens with one attached hydrogen (secondary N) is 1. The van der Waals surface area contributed by atoms with Crippen LogP contribution in [0.25, 0.3) is 10.8 Å². The van der Waals surface area contributed by atoms with Gasteiger partial charge in [-0.1, -0.05) is 38.5 Å². The average molecular weight is 860 g/mol. The van der Waals surface area contributed by atoms with Crippen molar-refractivity contribution in [2.24, 2.45) is 29.1 Å². The number of ketones is 1. The number of hydrogen-bond acceptors (Lipinski definition) is 10. The van der Waals surface area contributed by atoms with Gasteiger partial charge in [-0.25, -0.2) is 13.4 Å². The number of nitrogens with zero attached hydrogens (tertiary/aromatic N) is 2. The van der Waals surface area contributed by atoms with E-state index in [1.54, 1.807) is 13.1 Å². The number of carbonyl (C=O) groups excluding carboxylic acids is 4. The van der Waals surface area contributed by atoms with E-state index in [4.69, 9.17) is 14.2 Å². The Kier molecular flexibility index (Phi) is 11.9. The summed E-state index contributed by atoms with van der Waals surface area (Å²) in [6.07, 6.45) is 3.69. The minimum Gasteiger partial charge on any atom is -0.493 e. The zero-order valence-corrected chi connectivity index (χ0v) is 35.8. The van der Waals surface area contributed by atoms with Crippen molar-refractivity contribution < 1.29 is 55.0 Å². The second-order valence-corrected chi connectivity index (χ2v) is 20.7. The van der Waals surface area contributed by atoms with Crippen LogP contribution in [0.3, 0.4) is 0 Å². The minimum absolute atomic E-state index is 0.00980. The predicted octanol–water partition coefficient (Wildman–Crippen LogP) is 7.16. The molecule has 3 fully saturated rings. The van der Waals surface area contributed by atoms with Crippen molar-refractivity contribution in [3.8, 4) is 11.6 Å². The molecule has 2 aromatic rings. The summed E-state index contributed by atoms with van der Waals surface area (Å²) in [6.45, 7) is 7.39. The number of carbonyl (C=O) groups is 4. The molecule has 1 N–H and O–H groups in total. The molecule has 328 valence electrons. The summed E-state index contributed by atoms with van der Waals surface area (Å²) in [7, 11) is -4.03. The number of Topliss-reactive ketones (excluding diaryl/α,β-unsaturated/α-hetero) is 1. The van der Waals surface area contributed by atoms with Crippen LogP contribution in [0.5, 0.6) is 11.6 Å². The number of rotatable bonds is 9. The number of alkyl halides is 3. The number of amides is 2. The first-order valence-electron chi connectivity index (χ1n) is 21.2. The van der Waals surface area contributed by atoms with E-state index in [0.717, 1.165) is 43.4 Å². The van der Waals surface area contributed by atoms with Crippen molar-refractivity contribution in [1.29, 1.82) is 0 Å². The van der Waals surface area contributed by atoms with Crippen molar-refractivity contribution in [3.63, 3.8) is 0 Å². The van der Waals surface area contributed by atoms with Crippen molar-refractivity contribution in [3.05, 3.63) is 42.1 Å². The first-order valence-corrected chi connectivity index (χ1v) is 22.7. The summed E-state index contributed by atoms with van der Waals surface area (Å²) in [5.74, 6) is -4.02. The molecule has 60 heavy (non-hydrogen) atoms. The van der Waals surface area contributed by atoms with Gasteiger partial charge >= 0.3 is 12.1 Å². The first-order chi connectivity index (χ1) is 28.2. The summed E-state index contributed by atoms with van der Waals surface area (Å²) in [4.78, 5) is 63.1. The fourth-order valence-electron chi connectivity index (χ4n) is 9.21. The molecule has 7 atom stereocenters. The summed E-state index contributed by atoms with van der Waals surface area (Å²) < 4.78 is 86.9. The maximum atomic E-state index is 15.1. The van der Waals surface area contributed by atoms with Gasteiger partial charge in [0.2, 0.25) is 33.3 Å². The molecule has 2 amide bonds. The normalized spacial score (nSPS) is 30.1. The number of aromatic nitrogens is 1. The monoisotopic (exact) mass is 859 g/mol. The van der Waals surface area contributed by atoms with Gasteiger partial charge in [0.25, 0.3) is 0 Å². The van der Waals surface area contributed by atoms with E-state index in [-0.39, 0.29) is 37.6 Å². The third kappa shape index (κ3) is 8.63. The highest BCUT2D eigenvalue weighted by molar-refractivity contribution is 7.91. The molecule has 1 aromatic heterocycles. The molecule has 3 aliphatic heterocycles. The molecule has 1 aromatic carbocycles. The standard InChI is InChI=1S/C44H56F3N3O9S/c1-6-27-20-26(2)10-7-8-12-29-23-43(29,40(54)49-60(55,56)42(5)16-17-42)24-35(51)34-21-30(25-50(34)39(53)33(27)22-36(52)59-41(3,4)44(45,46)47)58-38-32-14-13-28-11-9-19-57-37(28)31(32)15-18-48-38/h8,12-15,18,26-27,29-30,33-34H,6-7,9-11,16-17,19-25H2,1-5H3,(H,49,54)/b12-8-/t26-,27+,29+,30+,33-,34-,43+/m0/s1. The number of halogens is 3. The summed E-state index contributed by atoms with van der Waals surface area (Å²) >= 11 is 0. The molecular formula is C44H56F3N3O9S. The molecule has 5 aliphatic rings. The Hall–Kier alpha value is -4.21. The van der Waals surface area contributed by atoms with Crippen LogP contribution in [0.2, 0.25) is 0 Å². The minimum atomic E-state index is -4.86. The number of aryl methyl sites for hydroxylation is 1. The molecule has 0 spiro atoms. The summed E-state index contributed by atoms with van der Waals surface area (Å²) in [6, 6.07) is 4.53. The average Bonchev–Trinajstić information content (AvgIpc) is 4.07. The number of pyridine rings is 1. The van der Waals surface area contributed by atoms with Gasteiger partial charge in [-0.15, -0.1) is 0 Å². The van der Waals surface area contributed by atoms with E-state index in [1.807, 2.05) is 44.2 Å². The Bertz CT molecular complexity index is 2170. The van der Waals surface area contributed by atoms with Crippen LogP contribution in [0, 0.1) is 29.1 Å². The Morgan fingerprint density at radius 3 is 2.55 bits per heavy atom. The van der Waals surface area contributed by atoms with Crippen molar-refractivity contribution in [2.45, 2.75) is 140 Å². The third-order valence-electron chi connectivity index (χ3n) is 13.6. The smallest absolute Gasteiger partial charge is 0.427 e. The zero-order valence-electron chi connectivity index (χ0n) is 34.9. The van der Waals surface area contributed by atoms with Crippen LogP contribution >= 0.6 is 0 Å². The first kappa shape index (κ1) is 43.9. The largest absolute Gasteiger partial charge is 0.493 e. The molecule has 4 heterocycles. The number of benzene rings is 1. The maximum Gasteiger partial charge on any atom is 0.427 e. The van der Waals surface area contributed by atoms with E-state index in [9.17, 15) is 36.0 Å². The maximum absolute atomic E-state index is 15.1. The van der Waals surface area contributed by atoms with Crippen LogP contribution in [0.15, 0.2) is 36.5 Å². The van der Waals surface area contributed by atoms with Gasteiger partial charge in [-0.3, -0.25) is 23.9 Å². The SMILES string of the molecule is CC[C@@H]1C[C@@H](C)CC/C=C\[C@@H]2C[C@@]2(C(=O)NS(=O)(=O)C2(C)CC2)CC(=O)[C@@H]2C[C@@H](Oc3nccc4c5c(ccc34)CCCO5)CN2C(=O)[C@H]1CC(=O)OC(C)(C)C(F)(F)F. The van der Waals surface area contributed by atoms with Crippen molar-refractivity contribution in [2.75, 3.05) is 13.2 Å². The highest BCUT2D eigenvalue weighted by atomic mass is 32.2. The van der Waals surface area contributed by atoms with Gasteiger partial charge in [-0.05, 0) is 108 Å². The summed E-state index contributed by atoms with van der Waals surface area (Å²) in [5, 5.41) is 1.47. The fraction of sp³-hybridized carbons (Fsp3) is 0.659. The number of esters is 1. The molecule has 16 heteroatoms. The van der Waals surface area contributed by atoms with Crippen LogP contribution in [-0.4, -0.2) is 83.7 Å². The summed E-state index contributed by atoms with van der Waals surface area (Å²) in [5.41, 5.74) is -3.13. The number of ether oxygens (including phenoxy) is 3. The molecule has 12 nitrogen and oxygen atoms in total. The predicted molar refractivity (Wildman–Crippen MR) is 215 cm³/mol. The van der Waals surface area contributed by atoms with Crippen LogP contribution in [-0.2, 0) is 40.4 Å². The number of fused-ring (bicyclic) bond motifs is 5. The van der Waals surface area contributed by atoms with E-state index in [0.29, 0.717) is 50.5 Å². The van der Waals surface area contributed by atoms with Crippen LogP contribution in [0.4, 0.5) is 13.2 Å². The number of hydrogen-bond donors (Lipinski definition) is 1. The Morgan fingerprint density at radius 1 is 1.10 bits per heavy atom. The Balaban J connectivity index is 1.24. The van der Waals surface area contributed by atoms with Crippen LogP contribution in [0.1, 0.15) is 111 Å². The van der Waals surface area contributed by atoms with Gasteiger partial charge in [0.1, 0.15) is 11.9 Å². The van der Waals surface area contributed by atoms with Gasteiger partial charge in [0, 0.05) is 29.8 Å². The van der Waals surface area contributed by atoms with Gasteiger partial charge in [-0.2, -0.15) is 13.2 Å². The van der Waals surface area contributed by atoms with E-state index >= 15 is 4.79 Å². The van der Waals surface area contributed by atoms with Crippen molar-refractivity contribution >= 4 is 44.4 Å². The van der Waals surface area contributed by atoms with E-state index in [2.05, 4.69) is 9.71 Å².